The molecule has 1 aliphatic heterocycles. The lowest BCUT2D eigenvalue weighted by molar-refractivity contribution is -0.124. The van der Waals surface area contributed by atoms with Gasteiger partial charge in [0.05, 0.1) is 4.91 Å². The third-order valence-electron chi connectivity index (χ3n) is 5.03. The summed E-state index contributed by atoms with van der Waals surface area (Å²) in [5, 5.41) is 2.46. The first kappa shape index (κ1) is 19.4. The van der Waals surface area contributed by atoms with Crippen molar-refractivity contribution in [3.05, 3.63) is 76.4 Å². The third-order valence-corrected chi connectivity index (χ3v) is 5.94. The fourth-order valence-corrected chi connectivity index (χ4v) is 4.24. The fourth-order valence-electron chi connectivity index (χ4n) is 3.38. The molecule has 1 saturated carbocycles. The Kier molecular flexibility index (Phi) is 5.49. The van der Waals surface area contributed by atoms with Crippen molar-refractivity contribution < 1.29 is 18.8 Å². The van der Waals surface area contributed by atoms with Crippen LogP contribution in [-0.2, 0) is 9.59 Å². The minimum atomic E-state index is -0.396. The van der Waals surface area contributed by atoms with Gasteiger partial charge in [0.2, 0.25) is 5.91 Å². The van der Waals surface area contributed by atoms with Gasteiger partial charge in [-0.05, 0) is 53.4 Å². The van der Waals surface area contributed by atoms with Crippen molar-refractivity contribution >= 4 is 34.9 Å². The second-order valence-electron chi connectivity index (χ2n) is 7.04. The maximum Gasteiger partial charge on any atom is 0.293 e. The number of imide groups is 1. The molecule has 5 nitrogen and oxygen atoms in total. The van der Waals surface area contributed by atoms with Crippen molar-refractivity contribution in [2.75, 3.05) is 13.1 Å². The first-order chi connectivity index (χ1) is 14.0. The summed E-state index contributed by atoms with van der Waals surface area (Å²) < 4.78 is 13.0. The Labute approximate surface area is 172 Å². The first-order valence-corrected chi connectivity index (χ1v) is 10.2. The Hall–Kier alpha value is -2.93. The van der Waals surface area contributed by atoms with Crippen molar-refractivity contribution in [3.8, 4) is 0 Å². The Balaban J connectivity index is 1.29. The lowest BCUT2D eigenvalue weighted by atomic mass is 10.1. The van der Waals surface area contributed by atoms with E-state index in [4.69, 9.17) is 0 Å². The van der Waals surface area contributed by atoms with E-state index in [0.29, 0.717) is 10.5 Å². The minimum Gasteiger partial charge on any atom is -0.354 e. The molecular formula is C22H19FN2O3S. The fraction of sp³-hybridized carbons (Fsp3) is 0.227. The van der Waals surface area contributed by atoms with Crippen molar-refractivity contribution in [1.82, 2.24) is 10.2 Å². The number of hydrogen-bond donors (Lipinski definition) is 1. The number of amides is 3. The SMILES string of the molecule is O=C(NCCN1C(=O)S/C(=C/c2ccc(F)cc2)C1=O)C1CC1c1ccccc1. The van der Waals surface area contributed by atoms with E-state index in [-0.39, 0.29) is 41.9 Å². The van der Waals surface area contributed by atoms with E-state index in [1.54, 1.807) is 18.2 Å². The summed E-state index contributed by atoms with van der Waals surface area (Å²) in [4.78, 5) is 38.4. The highest BCUT2D eigenvalue weighted by Gasteiger charge is 2.43. The molecule has 1 N–H and O–H groups in total. The number of nitrogens with zero attached hydrogens (tertiary/aromatic N) is 1. The molecular weight excluding hydrogens is 391 g/mol. The molecule has 0 radical (unpaired) electrons. The molecule has 0 spiro atoms. The molecule has 2 aliphatic rings. The Morgan fingerprint density at radius 3 is 2.59 bits per heavy atom. The van der Waals surface area contributed by atoms with Gasteiger partial charge in [-0.1, -0.05) is 42.5 Å². The van der Waals surface area contributed by atoms with Gasteiger partial charge in [0.15, 0.2) is 0 Å². The lowest BCUT2D eigenvalue weighted by Gasteiger charge is -2.13. The maximum absolute atomic E-state index is 13.0. The number of carbonyl (C=O) groups is 3. The van der Waals surface area contributed by atoms with Gasteiger partial charge in [0.25, 0.3) is 11.1 Å². The Morgan fingerprint density at radius 1 is 1.14 bits per heavy atom. The Morgan fingerprint density at radius 2 is 1.86 bits per heavy atom. The summed E-state index contributed by atoms with van der Waals surface area (Å²) >= 11 is 0.848. The largest absolute Gasteiger partial charge is 0.354 e. The zero-order valence-corrected chi connectivity index (χ0v) is 16.3. The molecule has 2 unspecified atom stereocenters. The van der Waals surface area contributed by atoms with Gasteiger partial charge in [-0.2, -0.15) is 0 Å². The van der Waals surface area contributed by atoms with Gasteiger partial charge in [-0.25, -0.2) is 4.39 Å². The average molecular weight is 410 g/mol. The van der Waals surface area contributed by atoms with Gasteiger partial charge in [-0.15, -0.1) is 0 Å². The van der Waals surface area contributed by atoms with E-state index in [9.17, 15) is 18.8 Å². The lowest BCUT2D eigenvalue weighted by Crippen LogP contribution is -2.37. The van der Waals surface area contributed by atoms with E-state index in [0.717, 1.165) is 28.6 Å². The van der Waals surface area contributed by atoms with Crippen LogP contribution < -0.4 is 5.32 Å². The zero-order valence-electron chi connectivity index (χ0n) is 15.5. The van der Waals surface area contributed by atoms with Crippen LogP contribution in [0.5, 0.6) is 0 Å². The van der Waals surface area contributed by atoms with Gasteiger partial charge in [0.1, 0.15) is 5.82 Å². The number of carbonyl (C=O) groups excluding carboxylic acids is 3. The molecule has 29 heavy (non-hydrogen) atoms. The smallest absolute Gasteiger partial charge is 0.293 e. The summed E-state index contributed by atoms with van der Waals surface area (Å²) in [6, 6.07) is 15.6. The third kappa shape index (κ3) is 4.40. The average Bonchev–Trinajstić information content (AvgIpc) is 3.48. The van der Waals surface area contributed by atoms with Crippen molar-refractivity contribution in [2.45, 2.75) is 12.3 Å². The van der Waals surface area contributed by atoms with Crippen LogP contribution in [0.2, 0.25) is 0 Å². The summed E-state index contributed by atoms with van der Waals surface area (Å²) in [5.41, 5.74) is 1.80. The van der Waals surface area contributed by atoms with Crippen LogP contribution in [0.15, 0.2) is 59.5 Å². The summed E-state index contributed by atoms with van der Waals surface area (Å²) in [5.74, 6) is -0.617. The molecule has 2 aromatic carbocycles. The predicted molar refractivity (Wildman–Crippen MR) is 109 cm³/mol. The molecule has 1 saturated heterocycles. The van der Waals surface area contributed by atoms with E-state index >= 15 is 0 Å². The van der Waals surface area contributed by atoms with Crippen LogP contribution in [0.25, 0.3) is 6.08 Å². The Bertz CT molecular complexity index is 975. The van der Waals surface area contributed by atoms with Crippen molar-refractivity contribution in [1.29, 1.82) is 0 Å². The van der Waals surface area contributed by atoms with Crippen LogP contribution in [0, 0.1) is 11.7 Å². The predicted octanol–water partition coefficient (Wildman–Crippen LogP) is 3.78. The molecule has 1 aliphatic carbocycles. The zero-order chi connectivity index (χ0) is 20.4. The topological polar surface area (TPSA) is 66.5 Å². The molecule has 148 valence electrons. The summed E-state index contributed by atoms with van der Waals surface area (Å²) in [6.45, 7) is 0.346. The van der Waals surface area contributed by atoms with Crippen LogP contribution in [-0.4, -0.2) is 35.0 Å². The monoisotopic (exact) mass is 410 g/mol. The second kappa shape index (κ2) is 8.21. The maximum atomic E-state index is 13.0. The molecule has 2 aromatic rings. The molecule has 0 bridgehead atoms. The molecule has 7 heteroatoms. The minimum absolute atomic E-state index is 0.0484. The summed E-state index contributed by atoms with van der Waals surface area (Å²) in [6.07, 6.45) is 2.38. The van der Waals surface area contributed by atoms with Gasteiger partial charge >= 0.3 is 0 Å². The molecule has 0 aromatic heterocycles. The van der Waals surface area contributed by atoms with E-state index < -0.39 is 5.91 Å². The number of rotatable bonds is 6. The van der Waals surface area contributed by atoms with Crippen LogP contribution in [0.4, 0.5) is 9.18 Å². The van der Waals surface area contributed by atoms with E-state index in [1.165, 1.54) is 12.1 Å². The van der Waals surface area contributed by atoms with E-state index in [1.807, 2.05) is 30.3 Å². The highest BCUT2D eigenvalue weighted by molar-refractivity contribution is 8.18. The number of halogens is 1. The molecule has 1 heterocycles. The van der Waals surface area contributed by atoms with Crippen molar-refractivity contribution in [3.63, 3.8) is 0 Å². The highest BCUT2D eigenvalue weighted by Crippen LogP contribution is 2.47. The number of nitrogens with one attached hydrogen (secondary N) is 1. The standard InChI is InChI=1S/C22H19FN2O3S/c23-16-8-6-14(7-9-16)12-19-21(27)25(22(28)29-19)11-10-24-20(26)18-13-17(18)15-4-2-1-3-5-15/h1-9,12,17-18H,10-11,13H2,(H,24,26)/b19-12+. The highest BCUT2D eigenvalue weighted by atomic mass is 32.2. The molecule has 4 rings (SSSR count). The second-order valence-corrected chi connectivity index (χ2v) is 8.03. The van der Waals surface area contributed by atoms with Gasteiger partial charge in [-0.3, -0.25) is 19.3 Å². The van der Waals surface area contributed by atoms with Gasteiger partial charge in [0, 0.05) is 19.0 Å². The van der Waals surface area contributed by atoms with Crippen molar-refractivity contribution in [2.24, 2.45) is 5.92 Å². The van der Waals surface area contributed by atoms with Crippen LogP contribution in [0.1, 0.15) is 23.5 Å². The molecule has 3 amide bonds. The van der Waals surface area contributed by atoms with Gasteiger partial charge < -0.3 is 5.32 Å². The quantitative estimate of drug-likeness (QED) is 0.736. The number of hydrogen-bond acceptors (Lipinski definition) is 4. The first-order valence-electron chi connectivity index (χ1n) is 9.36. The van der Waals surface area contributed by atoms with E-state index in [2.05, 4.69) is 5.32 Å². The van der Waals surface area contributed by atoms with Crippen LogP contribution in [0.3, 0.4) is 0 Å². The van der Waals surface area contributed by atoms with Crippen LogP contribution >= 0.6 is 11.8 Å². The number of thioether (sulfide) groups is 1. The number of benzene rings is 2. The molecule has 2 fully saturated rings. The normalized spacial score (nSPS) is 22.2. The summed E-state index contributed by atoms with van der Waals surface area (Å²) in [7, 11) is 0. The molecule has 2 atom stereocenters.